The van der Waals surface area contributed by atoms with Gasteiger partial charge in [-0.1, -0.05) is 62.9 Å². The van der Waals surface area contributed by atoms with Crippen LogP contribution in [0, 0.1) is 5.41 Å². The quantitative estimate of drug-likeness (QED) is 0.270. The second kappa shape index (κ2) is 11.8. The molecule has 186 valence electrons. The van der Waals surface area contributed by atoms with E-state index in [1.54, 1.807) is 12.4 Å². The highest BCUT2D eigenvalue weighted by Crippen LogP contribution is 2.35. The Bertz CT molecular complexity index is 1260. The Hall–Kier alpha value is -3.79. The van der Waals surface area contributed by atoms with E-state index >= 15 is 0 Å². The molecule has 0 bridgehead atoms. The molecular formula is C32H37N3O. The monoisotopic (exact) mass is 479 g/mol. The Balaban J connectivity index is 1.98. The number of ketones is 1. The van der Waals surface area contributed by atoms with Crippen molar-refractivity contribution in [3.8, 4) is 0 Å². The Morgan fingerprint density at radius 3 is 2.64 bits per heavy atom. The predicted molar refractivity (Wildman–Crippen MR) is 152 cm³/mol. The molecule has 0 radical (unpaired) electrons. The van der Waals surface area contributed by atoms with Crippen LogP contribution in [0.2, 0.25) is 0 Å². The van der Waals surface area contributed by atoms with E-state index < -0.39 is 0 Å². The maximum Gasteiger partial charge on any atom is 0.170 e. The highest BCUT2D eigenvalue weighted by Gasteiger charge is 2.35. The summed E-state index contributed by atoms with van der Waals surface area (Å²) < 4.78 is 0. The molecule has 4 nitrogen and oxygen atoms in total. The Labute approximate surface area is 216 Å². The van der Waals surface area contributed by atoms with Gasteiger partial charge >= 0.3 is 0 Å². The fraction of sp³-hybridized carbons (Fsp3) is 0.281. The number of fused-ring (bicyclic) bond motifs is 1. The molecule has 0 fully saturated rings. The maximum atomic E-state index is 12.8. The number of pyridine rings is 2. The van der Waals surface area contributed by atoms with Crippen molar-refractivity contribution in [1.82, 2.24) is 9.97 Å². The Morgan fingerprint density at radius 1 is 1.19 bits per heavy atom. The minimum Gasteiger partial charge on any atom is -0.309 e. The van der Waals surface area contributed by atoms with Gasteiger partial charge in [0.1, 0.15) is 5.82 Å². The second-order valence-electron chi connectivity index (χ2n) is 9.88. The lowest BCUT2D eigenvalue weighted by molar-refractivity contribution is 0.0809. The van der Waals surface area contributed by atoms with Gasteiger partial charge in [0.15, 0.2) is 5.78 Å². The van der Waals surface area contributed by atoms with Gasteiger partial charge in [-0.3, -0.25) is 9.78 Å². The lowest BCUT2D eigenvalue weighted by Crippen LogP contribution is -2.31. The van der Waals surface area contributed by atoms with E-state index in [-0.39, 0.29) is 11.2 Å². The zero-order chi connectivity index (χ0) is 26.3. The number of rotatable bonds is 9. The molecule has 1 aliphatic carbocycles. The van der Waals surface area contributed by atoms with Crippen LogP contribution >= 0.6 is 0 Å². The predicted octanol–water partition coefficient (Wildman–Crippen LogP) is 8.04. The summed E-state index contributed by atoms with van der Waals surface area (Å²) in [6, 6.07) is 7.80. The van der Waals surface area contributed by atoms with Gasteiger partial charge in [-0.2, -0.15) is 0 Å². The molecule has 2 aromatic heterocycles. The van der Waals surface area contributed by atoms with E-state index in [9.17, 15) is 4.79 Å². The maximum absolute atomic E-state index is 12.8. The summed E-state index contributed by atoms with van der Waals surface area (Å²) >= 11 is 0. The summed E-state index contributed by atoms with van der Waals surface area (Å²) in [5, 5.41) is 0. The van der Waals surface area contributed by atoms with Crippen LogP contribution in [-0.2, 0) is 6.42 Å². The van der Waals surface area contributed by atoms with E-state index in [1.807, 2.05) is 62.3 Å². The summed E-state index contributed by atoms with van der Waals surface area (Å²) in [5.74, 6) is 0.913. The van der Waals surface area contributed by atoms with E-state index in [0.29, 0.717) is 0 Å². The zero-order valence-electron chi connectivity index (χ0n) is 22.2. The van der Waals surface area contributed by atoms with Crippen LogP contribution in [0.15, 0.2) is 103 Å². The fourth-order valence-electron chi connectivity index (χ4n) is 4.17. The SMILES string of the molecule is C=CN(/C=C(C)/C(=C/C(=C)C/C=C\C)/C=C(\C)c1cccnc1)c1ccc2c(n1)CCC(C)(C)C2=O. The molecule has 2 heterocycles. The van der Waals surface area contributed by atoms with Gasteiger partial charge in [0.2, 0.25) is 0 Å². The van der Waals surface area contributed by atoms with Crippen molar-refractivity contribution < 1.29 is 4.79 Å². The highest BCUT2D eigenvalue weighted by atomic mass is 16.1. The smallest absolute Gasteiger partial charge is 0.170 e. The van der Waals surface area contributed by atoms with Gasteiger partial charge in [0.25, 0.3) is 0 Å². The molecule has 0 saturated carbocycles. The molecule has 0 unspecified atom stereocenters. The number of aryl methyl sites for hydroxylation is 1. The van der Waals surface area contributed by atoms with Crippen LogP contribution in [0.4, 0.5) is 5.82 Å². The molecule has 0 aliphatic heterocycles. The van der Waals surface area contributed by atoms with Gasteiger partial charge in [-0.25, -0.2) is 4.98 Å². The van der Waals surface area contributed by atoms with E-state index in [2.05, 4.69) is 56.3 Å². The van der Waals surface area contributed by atoms with Crippen LogP contribution < -0.4 is 4.90 Å². The minimum atomic E-state index is -0.335. The van der Waals surface area contributed by atoms with Crippen LogP contribution in [0.3, 0.4) is 0 Å². The number of Topliss-reactive ketones (excluding diaryl/α,β-unsaturated/α-hetero) is 1. The third-order valence-electron chi connectivity index (χ3n) is 6.52. The number of allylic oxidation sites excluding steroid dienone is 8. The minimum absolute atomic E-state index is 0.167. The first-order chi connectivity index (χ1) is 17.2. The van der Waals surface area contributed by atoms with E-state index in [0.717, 1.165) is 64.2 Å². The van der Waals surface area contributed by atoms with Gasteiger partial charge in [-0.05, 0) is 80.5 Å². The van der Waals surface area contributed by atoms with Crippen molar-refractivity contribution >= 4 is 17.2 Å². The third kappa shape index (κ3) is 6.45. The number of nitrogens with zero attached hydrogens (tertiary/aromatic N) is 3. The van der Waals surface area contributed by atoms with Crippen LogP contribution in [0.25, 0.3) is 5.57 Å². The van der Waals surface area contributed by atoms with Gasteiger partial charge in [0.05, 0.1) is 5.69 Å². The number of hydrogen-bond donors (Lipinski definition) is 0. The van der Waals surface area contributed by atoms with Crippen molar-refractivity contribution in [3.63, 3.8) is 0 Å². The average molecular weight is 480 g/mol. The van der Waals surface area contributed by atoms with Gasteiger partial charge in [-0.15, -0.1) is 0 Å². The number of aromatic nitrogens is 2. The highest BCUT2D eigenvalue weighted by molar-refractivity contribution is 6.02. The molecule has 0 N–H and O–H groups in total. The molecule has 4 heteroatoms. The lowest BCUT2D eigenvalue weighted by Gasteiger charge is -2.29. The first-order valence-corrected chi connectivity index (χ1v) is 12.4. The van der Waals surface area contributed by atoms with Crippen molar-refractivity contribution in [2.75, 3.05) is 4.90 Å². The summed E-state index contributed by atoms with van der Waals surface area (Å²) in [6.07, 6.45) is 18.2. The molecule has 0 aromatic carbocycles. The van der Waals surface area contributed by atoms with E-state index in [4.69, 9.17) is 4.98 Å². The normalized spacial score (nSPS) is 16.1. The van der Waals surface area contributed by atoms with Crippen LogP contribution in [-0.4, -0.2) is 15.8 Å². The zero-order valence-corrected chi connectivity index (χ0v) is 22.2. The standard InChI is InChI=1S/C32H37N3O/c1-8-10-12-23(3)19-27(20-24(4)26-13-11-18-33-21-26)25(5)22-35(9-2)30-15-14-28-29(34-30)16-17-32(6,7)31(28)36/h8-11,13-15,18-22H,2-3,12,16-17H2,1,4-7H3/b10-8-,24-20+,25-22+,27-19+. The van der Waals surface area contributed by atoms with E-state index in [1.165, 1.54) is 0 Å². The molecule has 1 aliphatic rings. The molecule has 0 saturated heterocycles. The topological polar surface area (TPSA) is 46.1 Å². The second-order valence-corrected chi connectivity index (χ2v) is 9.88. The Kier molecular flexibility index (Phi) is 8.76. The fourth-order valence-corrected chi connectivity index (χ4v) is 4.17. The third-order valence-corrected chi connectivity index (χ3v) is 6.52. The Morgan fingerprint density at radius 2 is 1.97 bits per heavy atom. The molecule has 0 atom stereocenters. The number of carbonyl (C=O) groups is 1. The number of carbonyl (C=O) groups excluding carboxylic acids is 1. The van der Waals surface area contributed by atoms with Crippen molar-refractivity contribution in [3.05, 3.63) is 120 Å². The lowest BCUT2D eigenvalue weighted by atomic mass is 9.75. The van der Waals surface area contributed by atoms with Gasteiger partial charge < -0.3 is 4.90 Å². The van der Waals surface area contributed by atoms with Crippen molar-refractivity contribution in [1.29, 1.82) is 0 Å². The van der Waals surface area contributed by atoms with Crippen LogP contribution in [0.1, 0.15) is 69.1 Å². The number of anilines is 1. The molecule has 3 rings (SSSR count). The largest absolute Gasteiger partial charge is 0.309 e. The van der Waals surface area contributed by atoms with Crippen LogP contribution in [0.5, 0.6) is 0 Å². The first kappa shape index (κ1) is 26.8. The molecule has 0 spiro atoms. The summed E-state index contributed by atoms with van der Waals surface area (Å²) in [5.41, 5.74) is 6.54. The number of hydrogen-bond acceptors (Lipinski definition) is 4. The molecule has 36 heavy (non-hydrogen) atoms. The molecule has 0 amide bonds. The molecular weight excluding hydrogens is 442 g/mol. The summed E-state index contributed by atoms with van der Waals surface area (Å²) in [7, 11) is 0. The summed E-state index contributed by atoms with van der Waals surface area (Å²) in [4.78, 5) is 23.8. The van der Waals surface area contributed by atoms with Gasteiger partial charge in [0, 0.05) is 35.8 Å². The van der Waals surface area contributed by atoms with Crippen molar-refractivity contribution in [2.45, 2.75) is 53.9 Å². The first-order valence-electron chi connectivity index (χ1n) is 12.4. The summed E-state index contributed by atoms with van der Waals surface area (Å²) in [6.45, 7) is 18.4. The average Bonchev–Trinajstić information content (AvgIpc) is 2.88. The van der Waals surface area contributed by atoms with Crippen molar-refractivity contribution in [2.24, 2.45) is 5.41 Å². The molecule has 2 aromatic rings.